The number of carboxylic acids is 1. The molecule has 0 aliphatic heterocycles. The van der Waals surface area contributed by atoms with Gasteiger partial charge in [0.25, 0.3) is 0 Å². The van der Waals surface area contributed by atoms with Crippen molar-refractivity contribution in [3.05, 3.63) is 40.3 Å². The molecule has 1 amide bonds. The van der Waals surface area contributed by atoms with Crippen molar-refractivity contribution in [2.45, 2.75) is 101 Å². The maximum Gasteiger partial charge on any atom is 0.348 e. The highest BCUT2D eigenvalue weighted by Crippen LogP contribution is 2.50. The first-order valence-corrected chi connectivity index (χ1v) is 15.1. The summed E-state index contributed by atoms with van der Waals surface area (Å²) in [5.74, 6) is 5.71. The van der Waals surface area contributed by atoms with E-state index in [9.17, 15) is 14.7 Å². The van der Waals surface area contributed by atoms with Gasteiger partial charge in [0.15, 0.2) is 0 Å². The number of thiophene rings is 1. The number of anilines is 1. The molecule has 2 aromatic heterocycles. The summed E-state index contributed by atoms with van der Waals surface area (Å²) in [5, 5.41) is 10.7. The van der Waals surface area contributed by atoms with Crippen molar-refractivity contribution in [3.8, 4) is 11.8 Å². The van der Waals surface area contributed by atoms with Gasteiger partial charge in [-0.25, -0.2) is 4.79 Å². The van der Waals surface area contributed by atoms with Crippen molar-refractivity contribution in [3.63, 3.8) is 0 Å². The molecule has 1 N–H and O–H groups in total. The molecule has 0 unspecified atom stereocenters. The van der Waals surface area contributed by atoms with Gasteiger partial charge in [-0.3, -0.25) is 9.78 Å². The molecule has 2 heterocycles. The van der Waals surface area contributed by atoms with Gasteiger partial charge >= 0.3 is 5.97 Å². The average molecular weight is 539 g/mol. The third-order valence-electron chi connectivity index (χ3n) is 7.57. The molecule has 2 aliphatic carbocycles. The topological polar surface area (TPSA) is 70.5 Å². The number of aromatic carboxylic acids is 1. The van der Waals surface area contributed by atoms with Crippen molar-refractivity contribution >= 4 is 40.7 Å². The van der Waals surface area contributed by atoms with Crippen LogP contribution < -0.4 is 4.90 Å². The molecule has 4 rings (SSSR count). The van der Waals surface area contributed by atoms with Crippen molar-refractivity contribution in [2.75, 3.05) is 4.90 Å². The second-order valence-corrected chi connectivity index (χ2v) is 13.8. The summed E-state index contributed by atoms with van der Waals surface area (Å²) < 4.78 is 0. The summed E-state index contributed by atoms with van der Waals surface area (Å²) >= 11 is 3.12. The van der Waals surface area contributed by atoms with Crippen LogP contribution in [0.3, 0.4) is 0 Å². The molecule has 0 atom stereocenters. The molecule has 0 saturated heterocycles. The van der Waals surface area contributed by atoms with Crippen LogP contribution in [-0.2, 0) is 4.79 Å². The monoisotopic (exact) mass is 538 g/mol. The molecule has 0 spiro atoms. The quantitative estimate of drug-likeness (QED) is 0.383. The van der Waals surface area contributed by atoms with Crippen LogP contribution in [0.2, 0.25) is 0 Å². The standard InChI is InChI=1S/C30H38N2O3S2/c1-21(33)32(26-20-25(12-17-29(2,3)4)37-27(26)28(34)35)30(15-6-5-7-16-30)22-8-10-23(11-9-22)36-24-13-18-31-19-14-24/h13-14,18-20,22-23H,5-11,15-16H2,1-4H3,(H,34,35). The van der Waals surface area contributed by atoms with E-state index in [0.29, 0.717) is 21.7 Å². The molecule has 37 heavy (non-hydrogen) atoms. The number of thioether (sulfide) groups is 1. The van der Waals surface area contributed by atoms with Crippen LogP contribution in [0.4, 0.5) is 5.69 Å². The molecule has 2 saturated carbocycles. The van der Waals surface area contributed by atoms with Gasteiger partial charge in [0.05, 0.1) is 16.1 Å². The number of carbonyl (C=O) groups is 2. The van der Waals surface area contributed by atoms with Crippen molar-refractivity contribution in [1.29, 1.82) is 0 Å². The molecule has 2 aromatic rings. The summed E-state index contributed by atoms with van der Waals surface area (Å²) in [4.78, 5) is 34.0. The van der Waals surface area contributed by atoms with E-state index in [-0.39, 0.29) is 21.7 Å². The van der Waals surface area contributed by atoms with E-state index in [2.05, 4.69) is 29.0 Å². The molecule has 5 nitrogen and oxygen atoms in total. The van der Waals surface area contributed by atoms with Gasteiger partial charge in [0.2, 0.25) is 5.91 Å². The van der Waals surface area contributed by atoms with Crippen LogP contribution in [0, 0.1) is 23.2 Å². The smallest absolute Gasteiger partial charge is 0.348 e. The van der Waals surface area contributed by atoms with E-state index >= 15 is 0 Å². The lowest BCUT2D eigenvalue weighted by Crippen LogP contribution is -2.58. The van der Waals surface area contributed by atoms with Gasteiger partial charge in [-0.2, -0.15) is 0 Å². The van der Waals surface area contributed by atoms with E-state index in [1.165, 1.54) is 22.7 Å². The summed E-state index contributed by atoms with van der Waals surface area (Å²) in [6, 6.07) is 6.00. The van der Waals surface area contributed by atoms with E-state index < -0.39 is 5.97 Å². The molecule has 2 aliphatic rings. The van der Waals surface area contributed by atoms with Gasteiger partial charge in [-0.15, -0.1) is 23.1 Å². The fraction of sp³-hybridized carbons (Fsp3) is 0.567. The molecule has 7 heteroatoms. The Morgan fingerprint density at radius 2 is 1.76 bits per heavy atom. The van der Waals surface area contributed by atoms with E-state index in [1.54, 1.807) is 6.92 Å². The highest BCUT2D eigenvalue weighted by molar-refractivity contribution is 8.00. The zero-order chi connectivity index (χ0) is 26.6. The number of hydrogen-bond donors (Lipinski definition) is 1. The number of amides is 1. The zero-order valence-electron chi connectivity index (χ0n) is 22.4. The number of nitrogens with zero attached hydrogens (tertiary/aromatic N) is 2. The third kappa shape index (κ3) is 6.59. The van der Waals surface area contributed by atoms with Crippen molar-refractivity contribution in [1.82, 2.24) is 4.98 Å². The minimum absolute atomic E-state index is 0.0641. The minimum Gasteiger partial charge on any atom is -0.477 e. The van der Waals surface area contributed by atoms with Gasteiger partial charge in [-0.1, -0.05) is 31.1 Å². The molecule has 2 fully saturated rings. The summed E-state index contributed by atoms with van der Waals surface area (Å²) in [6.45, 7) is 7.71. The first kappa shape index (κ1) is 27.7. The number of hydrogen-bond acceptors (Lipinski definition) is 5. The fourth-order valence-corrected chi connectivity index (χ4v) is 8.05. The number of aromatic nitrogens is 1. The first-order valence-electron chi connectivity index (χ1n) is 13.4. The first-order chi connectivity index (χ1) is 17.6. The Labute approximate surface area is 229 Å². The summed E-state index contributed by atoms with van der Waals surface area (Å²) in [5.41, 5.74) is 0.0141. The Morgan fingerprint density at radius 3 is 2.32 bits per heavy atom. The van der Waals surface area contributed by atoms with E-state index in [1.807, 2.05) is 55.9 Å². The SMILES string of the molecule is CC(=O)N(c1cc(C#CC(C)(C)C)sc1C(=O)O)C1(C2CCC(Sc3ccncc3)CC2)CCCCC1. The van der Waals surface area contributed by atoms with Crippen LogP contribution >= 0.6 is 23.1 Å². The lowest BCUT2D eigenvalue weighted by Gasteiger charge is -2.52. The molecular weight excluding hydrogens is 500 g/mol. The second-order valence-electron chi connectivity index (χ2n) is 11.4. The Hall–Kier alpha value is -2.30. The van der Waals surface area contributed by atoms with Gasteiger partial charge in [0.1, 0.15) is 4.88 Å². The highest BCUT2D eigenvalue weighted by Gasteiger charge is 2.48. The predicted molar refractivity (Wildman–Crippen MR) is 152 cm³/mol. The lowest BCUT2D eigenvalue weighted by molar-refractivity contribution is -0.118. The Balaban J connectivity index is 1.66. The number of rotatable bonds is 6. The third-order valence-corrected chi connectivity index (χ3v) is 9.95. The largest absolute Gasteiger partial charge is 0.477 e. The normalized spacial score (nSPS) is 21.5. The molecule has 0 bridgehead atoms. The van der Waals surface area contributed by atoms with Crippen LogP contribution in [0.25, 0.3) is 0 Å². The van der Waals surface area contributed by atoms with Crippen LogP contribution in [0.5, 0.6) is 0 Å². The van der Waals surface area contributed by atoms with Crippen LogP contribution in [0.15, 0.2) is 35.5 Å². The average Bonchev–Trinajstić information content (AvgIpc) is 3.28. The van der Waals surface area contributed by atoms with Gasteiger partial charge in [0, 0.05) is 34.9 Å². The van der Waals surface area contributed by atoms with Gasteiger partial charge in [-0.05, 0) is 83.4 Å². The number of carboxylic acid groups (broad SMARTS) is 1. The highest BCUT2D eigenvalue weighted by atomic mass is 32.2. The van der Waals surface area contributed by atoms with E-state index in [4.69, 9.17) is 0 Å². The van der Waals surface area contributed by atoms with Crippen molar-refractivity contribution in [2.24, 2.45) is 11.3 Å². The Morgan fingerprint density at radius 1 is 1.11 bits per heavy atom. The number of carbonyl (C=O) groups excluding carboxylic acids is 1. The van der Waals surface area contributed by atoms with Gasteiger partial charge < -0.3 is 10.0 Å². The Bertz CT molecular complexity index is 1160. The lowest BCUT2D eigenvalue weighted by atomic mass is 9.66. The van der Waals surface area contributed by atoms with Crippen LogP contribution in [0.1, 0.15) is 100 Å². The second kappa shape index (κ2) is 11.6. The molecule has 0 radical (unpaired) electrons. The maximum absolute atomic E-state index is 13.4. The summed E-state index contributed by atoms with van der Waals surface area (Å²) in [6.07, 6.45) is 13.1. The zero-order valence-corrected chi connectivity index (χ0v) is 24.0. The summed E-state index contributed by atoms with van der Waals surface area (Å²) in [7, 11) is 0. The Kier molecular flexibility index (Phi) is 8.70. The minimum atomic E-state index is -0.988. The maximum atomic E-state index is 13.4. The van der Waals surface area contributed by atoms with E-state index in [0.717, 1.165) is 51.4 Å². The molecular formula is C30H38N2O3S2. The predicted octanol–water partition coefficient (Wildman–Crippen LogP) is 7.65. The molecule has 198 valence electrons. The van der Waals surface area contributed by atoms with Crippen molar-refractivity contribution < 1.29 is 14.7 Å². The fourth-order valence-electron chi connectivity index (χ4n) is 6.04. The number of pyridine rings is 1. The van der Waals surface area contributed by atoms with Crippen LogP contribution in [-0.4, -0.2) is 32.8 Å². The molecule has 0 aromatic carbocycles.